The summed E-state index contributed by atoms with van der Waals surface area (Å²) in [5, 5.41) is 9.59. The lowest BCUT2D eigenvalue weighted by Gasteiger charge is -2.03. The maximum Gasteiger partial charge on any atom is 0.307 e. The van der Waals surface area contributed by atoms with Gasteiger partial charge in [0.25, 0.3) is 0 Å². The van der Waals surface area contributed by atoms with E-state index in [1.165, 1.54) is 0 Å². The Hall–Kier alpha value is -1.81. The first-order valence-corrected chi connectivity index (χ1v) is 4.83. The molecule has 0 radical (unpaired) electrons. The fraction of sp³-hybridized carbons (Fsp3) is 0.167. The highest BCUT2D eigenvalue weighted by Crippen LogP contribution is 2.19. The smallest absolute Gasteiger partial charge is 0.307 e. The lowest BCUT2D eigenvalue weighted by atomic mass is 10.1. The molecular formula is C12H12ClNO3. The molecule has 4 nitrogen and oxygen atoms in total. The van der Waals surface area contributed by atoms with Gasteiger partial charge in [-0.2, -0.15) is 0 Å². The number of hydrogen-bond donors (Lipinski definition) is 1. The number of aliphatic carboxylic acids is 1. The Balaban J connectivity index is 0.00000144. The number of carboxylic acids is 1. The maximum absolute atomic E-state index is 10.6. The number of rotatable bonds is 3. The van der Waals surface area contributed by atoms with Gasteiger partial charge in [-0.3, -0.25) is 9.78 Å². The van der Waals surface area contributed by atoms with Crippen LogP contribution in [0.5, 0.6) is 5.75 Å². The Bertz CT molecular complexity index is 542. The molecule has 2 rings (SSSR count). The van der Waals surface area contributed by atoms with Crippen LogP contribution >= 0.6 is 12.4 Å². The zero-order valence-electron chi connectivity index (χ0n) is 9.21. The highest BCUT2D eigenvalue weighted by Gasteiger charge is 2.03. The molecule has 1 aromatic carbocycles. The van der Waals surface area contributed by atoms with Gasteiger partial charge in [-0.1, -0.05) is 6.07 Å². The highest BCUT2D eigenvalue weighted by atomic mass is 35.5. The van der Waals surface area contributed by atoms with Gasteiger partial charge in [0.1, 0.15) is 5.75 Å². The Labute approximate surface area is 105 Å². The molecule has 17 heavy (non-hydrogen) atoms. The van der Waals surface area contributed by atoms with E-state index in [4.69, 9.17) is 9.84 Å². The van der Waals surface area contributed by atoms with Crippen LogP contribution in [0.3, 0.4) is 0 Å². The van der Waals surface area contributed by atoms with Crippen molar-refractivity contribution >= 4 is 29.3 Å². The van der Waals surface area contributed by atoms with E-state index in [0.717, 1.165) is 16.5 Å². The number of fused-ring (bicyclic) bond motifs is 1. The third-order valence-electron chi connectivity index (χ3n) is 2.31. The van der Waals surface area contributed by atoms with Crippen molar-refractivity contribution in [1.82, 2.24) is 4.98 Å². The minimum absolute atomic E-state index is 0. The summed E-state index contributed by atoms with van der Waals surface area (Å²) >= 11 is 0. The summed E-state index contributed by atoms with van der Waals surface area (Å²) in [4.78, 5) is 14.8. The van der Waals surface area contributed by atoms with Crippen LogP contribution in [-0.2, 0) is 11.2 Å². The molecule has 5 heteroatoms. The molecule has 0 aliphatic heterocycles. The fourth-order valence-electron chi connectivity index (χ4n) is 1.56. The van der Waals surface area contributed by atoms with E-state index < -0.39 is 5.97 Å². The van der Waals surface area contributed by atoms with Gasteiger partial charge in [0, 0.05) is 5.39 Å². The Morgan fingerprint density at radius 2 is 2.18 bits per heavy atom. The minimum Gasteiger partial charge on any atom is -0.495 e. The van der Waals surface area contributed by atoms with Crippen LogP contribution in [0.15, 0.2) is 30.5 Å². The first-order chi connectivity index (χ1) is 7.69. The van der Waals surface area contributed by atoms with E-state index in [-0.39, 0.29) is 18.8 Å². The van der Waals surface area contributed by atoms with E-state index in [0.29, 0.717) is 5.75 Å². The van der Waals surface area contributed by atoms with Crippen LogP contribution in [0.4, 0.5) is 0 Å². The van der Waals surface area contributed by atoms with Crippen LogP contribution in [0.1, 0.15) is 5.56 Å². The van der Waals surface area contributed by atoms with Gasteiger partial charge in [-0.15, -0.1) is 12.4 Å². The van der Waals surface area contributed by atoms with Crippen LogP contribution in [-0.4, -0.2) is 23.2 Å². The molecule has 0 saturated carbocycles. The predicted molar refractivity (Wildman–Crippen MR) is 66.9 cm³/mol. The molecule has 0 fully saturated rings. The van der Waals surface area contributed by atoms with E-state index in [1.54, 1.807) is 19.4 Å². The van der Waals surface area contributed by atoms with Crippen molar-refractivity contribution < 1.29 is 14.6 Å². The molecule has 0 aliphatic rings. The zero-order chi connectivity index (χ0) is 11.5. The van der Waals surface area contributed by atoms with Crippen LogP contribution in [0.2, 0.25) is 0 Å². The molecule has 0 saturated heterocycles. The number of halogens is 1. The van der Waals surface area contributed by atoms with Crippen molar-refractivity contribution in [2.45, 2.75) is 6.42 Å². The molecule has 0 atom stereocenters. The molecule has 0 unspecified atom stereocenters. The highest BCUT2D eigenvalue weighted by molar-refractivity contribution is 5.85. The number of hydrogen-bond acceptors (Lipinski definition) is 3. The number of carbonyl (C=O) groups is 1. The average molecular weight is 254 g/mol. The molecule has 0 bridgehead atoms. The van der Waals surface area contributed by atoms with E-state index in [2.05, 4.69) is 4.98 Å². The van der Waals surface area contributed by atoms with Gasteiger partial charge in [-0.05, 0) is 23.8 Å². The monoisotopic (exact) mass is 253 g/mol. The molecule has 90 valence electrons. The maximum atomic E-state index is 10.6. The summed E-state index contributed by atoms with van der Waals surface area (Å²) in [5.41, 5.74) is 1.59. The third-order valence-corrected chi connectivity index (χ3v) is 2.31. The Morgan fingerprint density at radius 1 is 1.41 bits per heavy atom. The van der Waals surface area contributed by atoms with Crippen molar-refractivity contribution in [3.05, 3.63) is 36.0 Å². The summed E-state index contributed by atoms with van der Waals surface area (Å²) in [6, 6.07) is 7.25. The summed E-state index contributed by atoms with van der Waals surface area (Å²) in [7, 11) is 1.57. The van der Waals surface area contributed by atoms with Gasteiger partial charge in [0.15, 0.2) is 0 Å². The number of ether oxygens (including phenoxy) is 1. The molecule has 0 aliphatic carbocycles. The average Bonchev–Trinajstić information content (AvgIpc) is 2.27. The summed E-state index contributed by atoms with van der Waals surface area (Å²) in [5.74, 6) is -0.171. The largest absolute Gasteiger partial charge is 0.495 e. The number of aromatic nitrogens is 1. The van der Waals surface area contributed by atoms with Gasteiger partial charge >= 0.3 is 5.97 Å². The van der Waals surface area contributed by atoms with Crippen molar-refractivity contribution in [3.8, 4) is 5.75 Å². The van der Waals surface area contributed by atoms with Crippen LogP contribution in [0.25, 0.3) is 10.9 Å². The number of methoxy groups -OCH3 is 1. The van der Waals surface area contributed by atoms with Crippen LogP contribution < -0.4 is 4.74 Å². The second-order valence-electron chi connectivity index (χ2n) is 3.47. The van der Waals surface area contributed by atoms with E-state index >= 15 is 0 Å². The standard InChI is InChI=1S/C12H11NO3.ClH/c1-16-10-6-9-4-8(5-12(14)15)2-3-11(9)13-7-10;/h2-4,6-7H,5H2,1H3,(H,14,15);1H. The van der Waals surface area contributed by atoms with Gasteiger partial charge < -0.3 is 9.84 Å². The summed E-state index contributed by atoms with van der Waals surface area (Å²) < 4.78 is 5.06. The number of carboxylic acid groups (broad SMARTS) is 1. The molecule has 1 aromatic heterocycles. The van der Waals surface area contributed by atoms with Crippen molar-refractivity contribution in [2.24, 2.45) is 0 Å². The fourth-order valence-corrected chi connectivity index (χ4v) is 1.56. The third kappa shape index (κ3) is 3.07. The molecule has 0 amide bonds. The lowest BCUT2D eigenvalue weighted by Crippen LogP contribution is -1.99. The number of nitrogens with zero attached hydrogens (tertiary/aromatic N) is 1. The predicted octanol–water partition coefficient (Wildman–Crippen LogP) is 2.29. The second kappa shape index (κ2) is 5.50. The van der Waals surface area contributed by atoms with Crippen molar-refractivity contribution in [3.63, 3.8) is 0 Å². The first kappa shape index (κ1) is 13.3. The van der Waals surface area contributed by atoms with Crippen molar-refractivity contribution in [2.75, 3.05) is 7.11 Å². The Morgan fingerprint density at radius 3 is 2.82 bits per heavy atom. The van der Waals surface area contributed by atoms with Crippen LogP contribution in [0, 0.1) is 0 Å². The first-order valence-electron chi connectivity index (χ1n) is 4.83. The van der Waals surface area contributed by atoms with Gasteiger partial charge in [0.2, 0.25) is 0 Å². The molecular weight excluding hydrogens is 242 g/mol. The summed E-state index contributed by atoms with van der Waals surface area (Å²) in [6.45, 7) is 0. The summed E-state index contributed by atoms with van der Waals surface area (Å²) in [6.07, 6.45) is 1.66. The molecule has 0 spiro atoms. The lowest BCUT2D eigenvalue weighted by molar-refractivity contribution is -0.136. The minimum atomic E-state index is -0.838. The number of benzene rings is 1. The Kier molecular flexibility index (Phi) is 4.29. The van der Waals surface area contributed by atoms with Gasteiger partial charge in [-0.25, -0.2) is 0 Å². The number of pyridine rings is 1. The quantitative estimate of drug-likeness (QED) is 0.912. The molecule has 1 heterocycles. The molecule has 2 aromatic rings. The SMILES string of the molecule is COc1cnc2ccc(CC(=O)O)cc2c1.Cl. The van der Waals surface area contributed by atoms with Crippen molar-refractivity contribution in [1.29, 1.82) is 0 Å². The second-order valence-corrected chi connectivity index (χ2v) is 3.47. The zero-order valence-corrected chi connectivity index (χ0v) is 10.0. The van der Waals surface area contributed by atoms with E-state index in [1.807, 2.05) is 18.2 Å². The van der Waals surface area contributed by atoms with Gasteiger partial charge in [0.05, 0.1) is 25.2 Å². The topological polar surface area (TPSA) is 59.4 Å². The normalized spacial score (nSPS) is 9.71. The molecule has 1 N–H and O–H groups in total. The van der Waals surface area contributed by atoms with E-state index in [9.17, 15) is 4.79 Å².